The van der Waals surface area contributed by atoms with E-state index in [4.69, 9.17) is 29.0 Å². The maximum Gasteiger partial charge on any atom is 0.210 e. The Balaban J connectivity index is 1.72. The zero-order chi connectivity index (χ0) is 16.2. The number of pyridine rings is 1. The number of hydrogen-bond acceptors (Lipinski definition) is 5. The average Bonchev–Trinajstić information content (AvgIpc) is 2.90. The number of hydrogen-bond donors (Lipinski definition) is 1. The van der Waals surface area contributed by atoms with Gasteiger partial charge in [0, 0.05) is 28.2 Å². The Kier molecular flexibility index (Phi) is 5.05. The molecular formula is C15H13Cl2N5S. The molecule has 0 unspecified atom stereocenters. The number of rotatable bonds is 5. The van der Waals surface area contributed by atoms with Crippen LogP contribution >= 0.6 is 35.0 Å². The molecule has 3 rings (SSSR count). The molecule has 2 heterocycles. The van der Waals surface area contributed by atoms with Crippen molar-refractivity contribution < 1.29 is 0 Å². The third kappa shape index (κ3) is 3.77. The minimum Gasteiger partial charge on any atom is -0.335 e. The quantitative estimate of drug-likeness (QED) is 0.551. The smallest absolute Gasteiger partial charge is 0.210 e. The van der Waals surface area contributed by atoms with Crippen molar-refractivity contribution in [2.45, 2.75) is 11.6 Å². The normalized spacial score (nSPS) is 10.9. The largest absolute Gasteiger partial charge is 0.335 e. The number of nitrogen functional groups attached to an aromatic ring is 1. The van der Waals surface area contributed by atoms with Gasteiger partial charge in [0.2, 0.25) is 5.16 Å². The Hall–Kier alpha value is -1.76. The summed E-state index contributed by atoms with van der Waals surface area (Å²) in [5.74, 6) is 7.40. The van der Waals surface area contributed by atoms with E-state index in [-0.39, 0.29) is 0 Å². The fraction of sp³-hybridized carbons (Fsp3) is 0.133. The molecule has 0 aliphatic rings. The van der Waals surface area contributed by atoms with Crippen molar-refractivity contribution in [2.75, 3.05) is 11.6 Å². The van der Waals surface area contributed by atoms with Gasteiger partial charge in [0.1, 0.15) is 0 Å². The summed E-state index contributed by atoms with van der Waals surface area (Å²) in [6.45, 7) is 0. The number of nitrogens with zero attached hydrogens (tertiary/aromatic N) is 4. The van der Waals surface area contributed by atoms with Crippen molar-refractivity contribution in [3.63, 3.8) is 0 Å². The van der Waals surface area contributed by atoms with Crippen molar-refractivity contribution in [3.8, 4) is 11.4 Å². The first-order valence-electron chi connectivity index (χ1n) is 6.84. The van der Waals surface area contributed by atoms with Crippen molar-refractivity contribution in [1.29, 1.82) is 0 Å². The number of thioether (sulfide) groups is 1. The van der Waals surface area contributed by atoms with E-state index >= 15 is 0 Å². The molecule has 0 spiro atoms. The van der Waals surface area contributed by atoms with Gasteiger partial charge in [-0.15, -0.1) is 10.2 Å². The molecule has 8 heteroatoms. The highest BCUT2D eigenvalue weighted by Crippen LogP contribution is 2.30. The number of aryl methyl sites for hydroxylation is 1. The molecule has 0 atom stereocenters. The lowest BCUT2D eigenvalue weighted by Crippen LogP contribution is -2.12. The standard InChI is InChI=1S/C15H13Cl2N5S/c16-10-4-5-12(13(17)9-10)14-20-21-15(22(14)18)23-8-6-11-3-1-2-7-19-11/h1-5,7,9H,6,8,18H2. The first-order valence-corrected chi connectivity index (χ1v) is 8.58. The molecule has 0 fully saturated rings. The molecular weight excluding hydrogens is 353 g/mol. The molecule has 0 aliphatic heterocycles. The Bertz CT molecular complexity index is 807. The summed E-state index contributed by atoms with van der Waals surface area (Å²) in [6.07, 6.45) is 2.61. The van der Waals surface area contributed by atoms with Crippen LogP contribution in [0.15, 0.2) is 47.8 Å². The third-order valence-corrected chi connectivity index (χ3v) is 4.64. The Morgan fingerprint density at radius 3 is 2.74 bits per heavy atom. The van der Waals surface area contributed by atoms with Gasteiger partial charge in [0.05, 0.1) is 5.02 Å². The fourth-order valence-electron chi connectivity index (χ4n) is 2.02. The lowest BCUT2D eigenvalue weighted by Gasteiger charge is -2.05. The van der Waals surface area contributed by atoms with Crippen LogP contribution in [0.25, 0.3) is 11.4 Å². The van der Waals surface area contributed by atoms with Gasteiger partial charge in [0.25, 0.3) is 0 Å². The SMILES string of the molecule is Nn1c(SCCc2ccccn2)nnc1-c1ccc(Cl)cc1Cl. The molecule has 0 bridgehead atoms. The zero-order valence-electron chi connectivity index (χ0n) is 12.0. The summed E-state index contributed by atoms with van der Waals surface area (Å²) in [5.41, 5.74) is 1.73. The van der Waals surface area contributed by atoms with Crippen LogP contribution in [0.1, 0.15) is 5.69 Å². The molecule has 0 saturated carbocycles. The van der Waals surface area contributed by atoms with Crippen LogP contribution in [0.5, 0.6) is 0 Å². The lowest BCUT2D eigenvalue weighted by atomic mass is 10.2. The van der Waals surface area contributed by atoms with Crippen LogP contribution in [0.3, 0.4) is 0 Å². The van der Waals surface area contributed by atoms with Gasteiger partial charge < -0.3 is 5.84 Å². The number of nitrogens with two attached hydrogens (primary N) is 1. The van der Waals surface area contributed by atoms with Gasteiger partial charge in [-0.25, -0.2) is 4.68 Å². The number of benzene rings is 1. The molecule has 2 N–H and O–H groups in total. The van der Waals surface area contributed by atoms with Crippen LogP contribution in [0.2, 0.25) is 10.0 Å². The molecule has 5 nitrogen and oxygen atoms in total. The Labute approximate surface area is 147 Å². The fourth-order valence-corrected chi connectivity index (χ4v) is 3.33. The highest BCUT2D eigenvalue weighted by Gasteiger charge is 2.15. The molecule has 23 heavy (non-hydrogen) atoms. The van der Waals surface area contributed by atoms with Crippen molar-refractivity contribution in [1.82, 2.24) is 19.9 Å². The lowest BCUT2D eigenvalue weighted by molar-refractivity contribution is 0.848. The first-order chi connectivity index (χ1) is 11.1. The zero-order valence-corrected chi connectivity index (χ0v) is 14.3. The molecule has 118 valence electrons. The van der Waals surface area contributed by atoms with E-state index in [1.165, 1.54) is 16.4 Å². The Morgan fingerprint density at radius 2 is 2.00 bits per heavy atom. The molecule has 0 radical (unpaired) electrons. The van der Waals surface area contributed by atoms with Crippen LogP contribution < -0.4 is 5.84 Å². The van der Waals surface area contributed by atoms with Crippen LogP contribution in [0, 0.1) is 0 Å². The van der Waals surface area contributed by atoms with E-state index in [2.05, 4.69) is 15.2 Å². The minimum atomic E-state index is 0.488. The second-order valence-electron chi connectivity index (χ2n) is 4.72. The van der Waals surface area contributed by atoms with E-state index in [0.29, 0.717) is 26.6 Å². The van der Waals surface area contributed by atoms with Crippen LogP contribution in [-0.4, -0.2) is 25.6 Å². The summed E-state index contributed by atoms with van der Waals surface area (Å²) in [4.78, 5) is 4.29. The third-order valence-electron chi connectivity index (χ3n) is 3.15. The monoisotopic (exact) mass is 365 g/mol. The number of halogens is 2. The van der Waals surface area contributed by atoms with Crippen LogP contribution in [0.4, 0.5) is 0 Å². The maximum absolute atomic E-state index is 6.19. The highest BCUT2D eigenvalue weighted by molar-refractivity contribution is 7.99. The van der Waals surface area contributed by atoms with Crippen molar-refractivity contribution in [2.24, 2.45) is 0 Å². The van der Waals surface area contributed by atoms with Gasteiger partial charge >= 0.3 is 0 Å². The van der Waals surface area contributed by atoms with Gasteiger partial charge in [-0.05, 0) is 36.8 Å². The first kappa shape index (κ1) is 16.1. The minimum absolute atomic E-state index is 0.488. The predicted molar refractivity (Wildman–Crippen MR) is 94.3 cm³/mol. The van der Waals surface area contributed by atoms with E-state index in [9.17, 15) is 0 Å². The highest BCUT2D eigenvalue weighted by atomic mass is 35.5. The topological polar surface area (TPSA) is 69.6 Å². The summed E-state index contributed by atoms with van der Waals surface area (Å²) in [5, 5.41) is 9.93. The second-order valence-corrected chi connectivity index (χ2v) is 6.63. The van der Waals surface area contributed by atoms with E-state index in [1.54, 1.807) is 24.4 Å². The van der Waals surface area contributed by atoms with Crippen molar-refractivity contribution >= 4 is 35.0 Å². The van der Waals surface area contributed by atoms with Gasteiger partial charge in [0.15, 0.2) is 5.82 Å². The summed E-state index contributed by atoms with van der Waals surface area (Å²) in [7, 11) is 0. The molecule has 3 aromatic rings. The number of aromatic nitrogens is 4. The van der Waals surface area contributed by atoms with Gasteiger partial charge in [-0.2, -0.15) is 0 Å². The van der Waals surface area contributed by atoms with Gasteiger partial charge in [-0.3, -0.25) is 4.98 Å². The van der Waals surface area contributed by atoms with E-state index in [1.807, 2.05) is 18.2 Å². The molecule has 1 aromatic carbocycles. The van der Waals surface area contributed by atoms with Gasteiger partial charge in [-0.1, -0.05) is 41.0 Å². The van der Waals surface area contributed by atoms with Crippen molar-refractivity contribution in [3.05, 3.63) is 58.3 Å². The molecule has 0 aliphatic carbocycles. The second kappa shape index (κ2) is 7.21. The van der Waals surface area contributed by atoms with Crippen LogP contribution in [-0.2, 0) is 6.42 Å². The summed E-state index contributed by atoms with van der Waals surface area (Å²) in [6, 6.07) is 11.0. The molecule has 0 amide bonds. The predicted octanol–water partition coefficient (Wildman–Crippen LogP) is 3.70. The average molecular weight is 366 g/mol. The van der Waals surface area contributed by atoms with E-state index < -0.39 is 0 Å². The van der Waals surface area contributed by atoms with E-state index in [0.717, 1.165) is 17.9 Å². The Morgan fingerprint density at radius 1 is 1.13 bits per heavy atom. The maximum atomic E-state index is 6.19. The molecule has 0 saturated heterocycles. The summed E-state index contributed by atoms with van der Waals surface area (Å²) >= 11 is 13.6. The summed E-state index contributed by atoms with van der Waals surface area (Å²) < 4.78 is 1.44. The molecule has 2 aromatic heterocycles.